The van der Waals surface area contributed by atoms with Crippen molar-refractivity contribution in [3.8, 4) is 0 Å². The van der Waals surface area contributed by atoms with Crippen LogP contribution >= 0.6 is 23.2 Å². The third-order valence-corrected chi connectivity index (χ3v) is 3.42. The molecule has 1 aromatic carbocycles. The zero-order chi connectivity index (χ0) is 16.3. The van der Waals surface area contributed by atoms with Gasteiger partial charge in [-0.05, 0) is 32.9 Å². The number of benzene rings is 1. The first-order valence-corrected chi connectivity index (χ1v) is 7.37. The Morgan fingerprint density at radius 3 is 2.59 bits per heavy atom. The van der Waals surface area contributed by atoms with Crippen molar-refractivity contribution in [2.24, 2.45) is 0 Å². The van der Waals surface area contributed by atoms with Crippen molar-refractivity contribution in [3.63, 3.8) is 0 Å². The minimum atomic E-state index is -0.386. The molecule has 116 valence electrons. The summed E-state index contributed by atoms with van der Waals surface area (Å²) in [5.74, 6) is 0.188. The van der Waals surface area contributed by atoms with Crippen molar-refractivity contribution in [2.75, 3.05) is 10.6 Å². The zero-order valence-electron chi connectivity index (χ0n) is 12.4. The number of hydrogen-bond acceptors (Lipinski definition) is 4. The minimum Gasteiger partial charge on any atom is -0.365 e. The number of carbonyl (C=O) groups excluding carboxylic acids is 1. The van der Waals surface area contributed by atoms with Crippen LogP contribution in [0.3, 0.4) is 0 Å². The first-order valence-electron chi connectivity index (χ1n) is 6.62. The van der Waals surface area contributed by atoms with Gasteiger partial charge in [-0.2, -0.15) is 0 Å². The van der Waals surface area contributed by atoms with Gasteiger partial charge in [0.05, 0.1) is 15.7 Å². The van der Waals surface area contributed by atoms with Gasteiger partial charge in [0.15, 0.2) is 0 Å². The highest BCUT2D eigenvalue weighted by Gasteiger charge is 2.15. The predicted octanol–water partition coefficient (Wildman–Crippen LogP) is 4.25. The Labute approximate surface area is 139 Å². The van der Waals surface area contributed by atoms with Crippen molar-refractivity contribution < 1.29 is 4.79 Å². The van der Waals surface area contributed by atoms with Gasteiger partial charge in [-0.15, -0.1) is 0 Å². The summed E-state index contributed by atoms with van der Waals surface area (Å²) < 4.78 is 0. The van der Waals surface area contributed by atoms with E-state index in [9.17, 15) is 4.79 Å². The highest BCUT2D eigenvalue weighted by atomic mass is 35.5. The van der Waals surface area contributed by atoms with E-state index in [4.69, 9.17) is 23.2 Å². The lowest BCUT2D eigenvalue weighted by Crippen LogP contribution is -2.27. The molecule has 22 heavy (non-hydrogen) atoms. The maximum atomic E-state index is 12.3. The number of halogens is 2. The molecule has 2 aromatic rings. The molecule has 1 heterocycles. The van der Waals surface area contributed by atoms with E-state index >= 15 is 0 Å². The second-order valence-electron chi connectivity index (χ2n) is 5.72. The topological polar surface area (TPSA) is 66.9 Å². The molecular formula is C15H16Cl2N4O. The Morgan fingerprint density at radius 1 is 1.18 bits per heavy atom. The third kappa shape index (κ3) is 4.32. The van der Waals surface area contributed by atoms with Crippen molar-refractivity contribution in [2.45, 2.75) is 26.3 Å². The molecule has 0 aliphatic rings. The molecule has 0 atom stereocenters. The second kappa shape index (κ2) is 6.50. The van der Waals surface area contributed by atoms with Gasteiger partial charge in [-0.3, -0.25) is 4.79 Å². The van der Waals surface area contributed by atoms with Crippen LogP contribution in [0.25, 0.3) is 0 Å². The van der Waals surface area contributed by atoms with Gasteiger partial charge in [-0.25, -0.2) is 9.97 Å². The fourth-order valence-electron chi connectivity index (χ4n) is 1.72. The number of rotatable bonds is 3. The van der Waals surface area contributed by atoms with E-state index < -0.39 is 0 Å². The number of nitrogens with zero attached hydrogens (tertiary/aromatic N) is 2. The maximum Gasteiger partial charge on any atom is 0.274 e. The number of anilines is 2. The van der Waals surface area contributed by atoms with Crippen LogP contribution in [0.5, 0.6) is 0 Å². The van der Waals surface area contributed by atoms with Gasteiger partial charge < -0.3 is 10.6 Å². The molecule has 2 rings (SSSR count). The Hall–Kier alpha value is -1.85. The van der Waals surface area contributed by atoms with Gasteiger partial charge in [-0.1, -0.05) is 29.3 Å². The maximum absolute atomic E-state index is 12.3. The fourth-order valence-corrected chi connectivity index (χ4v) is 2.07. The zero-order valence-corrected chi connectivity index (χ0v) is 14.0. The Morgan fingerprint density at radius 2 is 1.91 bits per heavy atom. The van der Waals surface area contributed by atoms with Crippen LogP contribution in [0, 0.1) is 0 Å². The quantitative estimate of drug-likeness (QED) is 0.877. The van der Waals surface area contributed by atoms with E-state index in [0.29, 0.717) is 21.6 Å². The Kier molecular flexibility index (Phi) is 4.88. The molecule has 7 heteroatoms. The van der Waals surface area contributed by atoms with E-state index in [2.05, 4.69) is 20.6 Å². The minimum absolute atomic E-state index is 0.168. The first kappa shape index (κ1) is 16.5. The Bertz CT molecular complexity index is 698. The smallest absolute Gasteiger partial charge is 0.274 e. The molecule has 1 aromatic heterocycles. The lowest BCUT2D eigenvalue weighted by molar-refractivity contribution is 0.102. The summed E-state index contributed by atoms with van der Waals surface area (Å²) >= 11 is 12.0. The van der Waals surface area contributed by atoms with Crippen molar-refractivity contribution in [1.29, 1.82) is 0 Å². The average molecular weight is 339 g/mol. The fraction of sp³-hybridized carbons (Fsp3) is 0.267. The van der Waals surface area contributed by atoms with Crippen LogP contribution in [0.2, 0.25) is 10.0 Å². The predicted molar refractivity (Wildman–Crippen MR) is 89.8 cm³/mol. The lowest BCUT2D eigenvalue weighted by Gasteiger charge is -2.21. The van der Waals surface area contributed by atoms with Crippen LogP contribution < -0.4 is 10.6 Å². The van der Waals surface area contributed by atoms with Crippen molar-refractivity contribution in [1.82, 2.24) is 9.97 Å². The molecular weight excluding hydrogens is 323 g/mol. The van der Waals surface area contributed by atoms with Gasteiger partial charge >= 0.3 is 0 Å². The summed E-state index contributed by atoms with van der Waals surface area (Å²) in [6.07, 6.45) is 1.34. The summed E-state index contributed by atoms with van der Waals surface area (Å²) in [5.41, 5.74) is 0.499. The lowest BCUT2D eigenvalue weighted by atomic mass is 10.1. The molecule has 0 saturated carbocycles. The van der Waals surface area contributed by atoms with E-state index in [1.54, 1.807) is 24.3 Å². The highest BCUT2D eigenvalue weighted by molar-refractivity contribution is 6.44. The average Bonchev–Trinajstić information content (AvgIpc) is 2.42. The molecule has 2 N–H and O–H groups in total. The van der Waals surface area contributed by atoms with Crippen molar-refractivity contribution >= 4 is 40.6 Å². The summed E-state index contributed by atoms with van der Waals surface area (Å²) in [5, 5.41) is 6.53. The number of amides is 1. The van der Waals surface area contributed by atoms with E-state index in [-0.39, 0.29) is 17.1 Å². The molecule has 0 saturated heterocycles. The summed E-state index contributed by atoms with van der Waals surface area (Å²) in [4.78, 5) is 20.3. The molecule has 0 aliphatic heterocycles. The molecule has 0 unspecified atom stereocenters. The van der Waals surface area contributed by atoms with Crippen LogP contribution in [0.4, 0.5) is 11.5 Å². The van der Waals surface area contributed by atoms with E-state index in [1.807, 2.05) is 20.8 Å². The molecule has 0 bridgehead atoms. The van der Waals surface area contributed by atoms with Gasteiger partial charge in [0.25, 0.3) is 5.91 Å². The van der Waals surface area contributed by atoms with E-state index in [1.165, 1.54) is 6.33 Å². The van der Waals surface area contributed by atoms with Crippen LogP contribution in [0.15, 0.2) is 30.6 Å². The number of carbonyl (C=O) groups is 1. The van der Waals surface area contributed by atoms with Gasteiger partial charge in [0, 0.05) is 11.6 Å². The molecule has 1 amide bonds. The van der Waals surface area contributed by atoms with Crippen LogP contribution in [0.1, 0.15) is 31.3 Å². The molecule has 0 radical (unpaired) electrons. The molecule has 0 aliphatic carbocycles. The Balaban J connectivity index is 2.19. The summed E-state index contributed by atoms with van der Waals surface area (Å²) in [6.45, 7) is 6.00. The van der Waals surface area contributed by atoms with Gasteiger partial charge in [0.2, 0.25) is 0 Å². The third-order valence-electron chi connectivity index (χ3n) is 2.60. The number of nitrogens with one attached hydrogen (secondary N) is 2. The summed E-state index contributed by atoms with van der Waals surface area (Å²) in [7, 11) is 0. The molecule has 5 nitrogen and oxygen atoms in total. The number of aromatic nitrogens is 2. The molecule has 0 spiro atoms. The van der Waals surface area contributed by atoms with Crippen LogP contribution in [-0.2, 0) is 0 Å². The summed E-state index contributed by atoms with van der Waals surface area (Å²) in [6, 6.07) is 6.60. The standard InChI is InChI=1S/C15H16Cl2N4O/c1-15(2,3)21-12-7-11(18-8-19-12)14(22)20-10-6-4-5-9(16)13(10)17/h4-8H,1-3H3,(H,20,22)(H,18,19,21). The van der Waals surface area contributed by atoms with Gasteiger partial charge in [0.1, 0.15) is 17.8 Å². The monoisotopic (exact) mass is 338 g/mol. The number of hydrogen-bond donors (Lipinski definition) is 2. The first-order chi connectivity index (χ1) is 10.3. The van der Waals surface area contributed by atoms with Crippen molar-refractivity contribution in [3.05, 3.63) is 46.3 Å². The largest absolute Gasteiger partial charge is 0.365 e. The normalized spacial score (nSPS) is 11.1. The van der Waals surface area contributed by atoms with Crippen LogP contribution in [-0.4, -0.2) is 21.4 Å². The highest BCUT2D eigenvalue weighted by Crippen LogP contribution is 2.29. The molecule has 0 fully saturated rings. The SMILES string of the molecule is CC(C)(C)Nc1cc(C(=O)Nc2cccc(Cl)c2Cl)ncn1. The van der Waals surface area contributed by atoms with E-state index in [0.717, 1.165) is 0 Å². The second-order valence-corrected chi connectivity index (χ2v) is 6.50.